The van der Waals surface area contributed by atoms with Gasteiger partial charge in [0.15, 0.2) is 0 Å². The minimum Gasteiger partial charge on any atom is -0.354 e. The molecule has 2 atom stereocenters. The third kappa shape index (κ3) is 5.87. The number of nitrogens with one attached hydrogen (secondary N) is 3. The van der Waals surface area contributed by atoms with Crippen molar-refractivity contribution < 1.29 is 9.59 Å². The minimum absolute atomic E-state index is 0. The van der Waals surface area contributed by atoms with E-state index in [1.165, 1.54) is 11.3 Å². The number of amides is 2. The Morgan fingerprint density at radius 1 is 1.50 bits per heavy atom. The van der Waals surface area contributed by atoms with Crippen LogP contribution in [0.2, 0.25) is 0 Å². The summed E-state index contributed by atoms with van der Waals surface area (Å²) in [5.74, 6) is 0.135. The van der Waals surface area contributed by atoms with E-state index in [1.54, 1.807) is 13.0 Å². The van der Waals surface area contributed by atoms with Gasteiger partial charge in [-0.2, -0.15) is 0 Å². The number of thiophene rings is 1. The standard InChI is InChI=1S/C14H20BrN3O2S.ClH/c1-9(18-14(20)11-4-5-12(15)21-11)13(19)17-8-10-3-2-6-16-7-10;/h4-5,9-10,16H,2-3,6-8H2,1H3,(H,17,19)(H,18,20);1H. The second kappa shape index (κ2) is 9.50. The second-order valence-electron chi connectivity index (χ2n) is 5.26. The maximum atomic E-state index is 12.0. The molecule has 1 aliphatic heterocycles. The van der Waals surface area contributed by atoms with Gasteiger partial charge in [0.05, 0.1) is 8.66 Å². The smallest absolute Gasteiger partial charge is 0.262 e. The van der Waals surface area contributed by atoms with Crippen molar-refractivity contribution in [2.24, 2.45) is 5.92 Å². The van der Waals surface area contributed by atoms with Crippen molar-refractivity contribution in [1.82, 2.24) is 16.0 Å². The molecule has 8 heteroatoms. The van der Waals surface area contributed by atoms with Crippen LogP contribution in [0.25, 0.3) is 0 Å². The molecule has 1 fully saturated rings. The van der Waals surface area contributed by atoms with E-state index in [-0.39, 0.29) is 24.2 Å². The second-order valence-corrected chi connectivity index (χ2v) is 7.72. The van der Waals surface area contributed by atoms with Crippen molar-refractivity contribution in [3.63, 3.8) is 0 Å². The molecular weight excluding hydrogens is 390 g/mol. The van der Waals surface area contributed by atoms with Gasteiger partial charge in [-0.1, -0.05) is 0 Å². The summed E-state index contributed by atoms with van der Waals surface area (Å²) in [6.07, 6.45) is 2.29. The predicted molar refractivity (Wildman–Crippen MR) is 94.8 cm³/mol. The van der Waals surface area contributed by atoms with Crippen LogP contribution < -0.4 is 16.0 Å². The van der Waals surface area contributed by atoms with Gasteiger partial charge in [0.25, 0.3) is 5.91 Å². The zero-order valence-electron chi connectivity index (χ0n) is 12.4. The summed E-state index contributed by atoms with van der Waals surface area (Å²) < 4.78 is 0.898. The lowest BCUT2D eigenvalue weighted by Crippen LogP contribution is -2.47. The van der Waals surface area contributed by atoms with E-state index in [0.29, 0.717) is 17.3 Å². The first-order chi connectivity index (χ1) is 10.1. The lowest BCUT2D eigenvalue weighted by atomic mass is 10.00. The van der Waals surface area contributed by atoms with Gasteiger partial charge in [0.2, 0.25) is 5.91 Å². The van der Waals surface area contributed by atoms with Crippen molar-refractivity contribution in [2.45, 2.75) is 25.8 Å². The summed E-state index contributed by atoms with van der Waals surface area (Å²) in [6.45, 7) is 4.38. The molecule has 0 saturated carbocycles. The molecule has 0 bridgehead atoms. The average Bonchev–Trinajstić information content (AvgIpc) is 2.92. The van der Waals surface area contributed by atoms with Crippen LogP contribution in [0.15, 0.2) is 15.9 Å². The van der Waals surface area contributed by atoms with Crippen molar-refractivity contribution in [2.75, 3.05) is 19.6 Å². The van der Waals surface area contributed by atoms with Gasteiger partial charge in [-0.15, -0.1) is 23.7 Å². The van der Waals surface area contributed by atoms with Crippen molar-refractivity contribution >= 4 is 51.5 Å². The van der Waals surface area contributed by atoms with E-state index in [2.05, 4.69) is 31.9 Å². The zero-order valence-corrected chi connectivity index (χ0v) is 15.6. The predicted octanol–water partition coefficient (Wildman–Crippen LogP) is 2.17. The molecule has 22 heavy (non-hydrogen) atoms. The van der Waals surface area contributed by atoms with Gasteiger partial charge in [-0.3, -0.25) is 9.59 Å². The van der Waals surface area contributed by atoms with E-state index in [4.69, 9.17) is 0 Å². The van der Waals surface area contributed by atoms with Gasteiger partial charge < -0.3 is 16.0 Å². The third-order valence-corrected chi connectivity index (χ3v) is 5.12. The number of halogens is 2. The fourth-order valence-corrected chi connectivity index (χ4v) is 3.56. The highest BCUT2D eigenvalue weighted by atomic mass is 79.9. The van der Waals surface area contributed by atoms with Crippen LogP contribution in [0, 0.1) is 5.92 Å². The van der Waals surface area contributed by atoms with Crippen LogP contribution in [0.5, 0.6) is 0 Å². The fraction of sp³-hybridized carbons (Fsp3) is 0.571. The summed E-state index contributed by atoms with van der Waals surface area (Å²) >= 11 is 4.67. The van der Waals surface area contributed by atoms with Crippen LogP contribution >= 0.6 is 39.7 Å². The molecule has 2 unspecified atom stereocenters. The van der Waals surface area contributed by atoms with Crippen molar-refractivity contribution in [1.29, 1.82) is 0 Å². The zero-order chi connectivity index (χ0) is 15.2. The number of rotatable bonds is 5. The molecule has 0 spiro atoms. The molecule has 1 aromatic heterocycles. The Labute approximate surface area is 149 Å². The van der Waals surface area contributed by atoms with Crippen molar-refractivity contribution in [3.8, 4) is 0 Å². The molecule has 1 saturated heterocycles. The van der Waals surface area contributed by atoms with E-state index in [9.17, 15) is 9.59 Å². The molecule has 124 valence electrons. The largest absolute Gasteiger partial charge is 0.354 e. The van der Waals surface area contributed by atoms with Gasteiger partial charge in [0, 0.05) is 6.54 Å². The van der Waals surface area contributed by atoms with Gasteiger partial charge in [-0.25, -0.2) is 0 Å². The molecule has 2 rings (SSSR count). The van der Waals surface area contributed by atoms with Gasteiger partial charge in [-0.05, 0) is 66.8 Å². The fourth-order valence-electron chi connectivity index (χ4n) is 2.27. The third-order valence-electron chi connectivity index (χ3n) is 3.50. The monoisotopic (exact) mass is 409 g/mol. The van der Waals surface area contributed by atoms with E-state index in [1.807, 2.05) is 6.07 Å². The van der Waals surface area contributed by atoms with Crippen LogP contribution in [0.4, 0.5) is 0 Å². The number of piperidine rings is 1. The Morgan fingerprint density at radius 2 is 2.27 bits per heavy atom. The first-order valence-corrected chi connectivity index (χ1v) is 8.72. The van der Waals surface area contributed by atoms with Gasteiger partial charge >= 0.3 is 0 Å². The average molecular weight is 411 g/mol. The molecule has 0 aromatic carbocycles. The number of hydrogen-bond acceptors (Lipinski definition) is 4. The van der Waals surface area contributed by atoms with Crippen LogP contribution in [0.1, 0.15) is 29.4 Å². The molecule has 2 heterocycles. The lowest BCUT2D eigenvalue weighted by Gasteiger charge is -2.23. The molecule has 1 aromatic rings. The van der Waals surface area contributed by atoms with Crippen LogP contribution in [0.3, 0.4) is 0 Å². The SMILES string of the molecule is CC(NC(=O)c1ccc(Br)s1)C(=O)NCC1CCCNC1.Cl. The van der Waals surface area contributed by atoms with Crippen LogP contribution in [-0.2, 0) is 4.79 Å². The summed E-state index contributed by atoms with van der Waals surface area (Å²) in [7, 11) is 0. The van der Waals surface area contributed by atoms with Gasteiger partial charge in [0.1, 0.15) is 6.04 Å². The maximum absolute atomic E-state index is 12.0. The lowest BCUT2D eigenvalue weighted by molar-refractivity contribution is -0.122. The summed E-state index contributed by atoms with van der Waals surface area (Å²) in [4.78, 5) is 24.6. The number of carbonyl (C=O) groups is 2. The van der Waals surface area contributed by atoms with E-state index in [0.717, 1.165) is 29.7 Å². The summed E-state index contributed by atoms with van der Waals surface area (Å²) in [6, 6.07) is 3.03. The number of carbonyl (C=O) groups excluding carboxylic acids is 2. The molecule has 0 radical (unpaired) electrons. The molecular formula is C14H21BrClN3O2S. The normalized spacial score (nSPS) is 18.9. The summed E-state index contributed by atoms with van der Waals surface area (Å²) in [5, 5.41) is 8.95. The first kappa shape index (κ1) is 19.4. The molecule has 0 aliphatic carbocycles. The highest BCUT2D eigenvalue weighted by Gasteiger charge is 2.19. The number of hydrogen-bond donors (Lipinski definition) is 3. The van der Waals surface area contributed by atoms with E-state index >= 15 is 0 Å². The highest BCUT2D eigenvalue weighted by Crippen LogP contribution is 2.21. The van der Waals surface area contributed by atoms with Crippen LogP contribution in [-0.4, -0.2) is 37.5 Å². The van der Waals surface area contributed by atoms with E-state index < -0.39 is 6.04 Å². The molecule has 1 aliphatic rings. The molecule has 3 N–H and O–H groups in total. The Morgan fingerprint density at radius 3 is 2.86 bits per heavy atom. The molecule has 2 amide bonds. The Bertz CT molecular complexity index is 506. The maximum Gasteiger partial charge on any atom is 0.262 e. The molecule has 5 nitrogen and oxygen atoms in total. The first-order valence-electron chi connectivity index (χ1n) is 7.11. The quantitative estimate of drug-likeness (QED) is 0.697. The summed E-state index contributed by atoms with van der Waals surface area (Å²) in [5.41, 5.74) is 0. The topological polar surface area (TPSA) is 70.2 Å². The Balaban J connectivity index is 0.00000242. The Hall–Kier alpha value is -0.630. The Kier molecular flexibility index (Phi) is 8.38. The highest BCUT2D eigenvalue weighted by molar-refractivity contribution is 9.11. The van der Waals surface area contributed by atoms with Crippen molar-refractivity contribution in [3.05, 3.63) is 20.8 Å². The minimum atomic E-state index is -0.532.